The maximum absolute atomic E-state index is 13.0. The molecular weight excluding hydrogens is 300 g/mol. The highest BCUT2D eigenvalue weighted by molar-refractivity contribution is 5.96. The Labute approximate surface area is 144 Å². The van der Waals surface area contributed by atoms with Crippen LogP contribution < -0.4 is 4.90 Å². The summed E-state index contributed by atoms with van der Waals surface area (Å²) < 4.78 is 0. The van der Waals surface area contributed by atoms with Crippen molar-refractivity contribution in [2.45, 2.75) is 51.9 Å². The number of para-hydroxylation sites is 1. The van der Waals surface area contributed by atoms with Crippen LogP contribution in [0, 0.1) is 5.92 Å². The molecule has 2 heterocycles. The lowest BCUT2D eigenvalue weighted by molar-refractivity contribution is -0.135. The molecule has 0 saturated carbocycles. The second-order valence-corrected chi connectivity index (χ2v) is 7.14. The van der Waals surface area contributed by atoms with Crippen molar-refractivity contribution in [2.75, 3.05) is 24.5 Å². The molecule has 1 fully saturated rings. The first kappa shape index (κ1) is 17.0. The van der Waals surface area contributed by atoms with Crippen molar-refractivity contribution in [1.29, 1.82) is 0 Å². The Kier molecular flexibility index (Phi) is 5.22. The van der Waals surface area contributed by atoms with Crippen LogP contribution in [0.4, 0.5) is 5.69 Å². The minimum absolute atomic E-state index is 0.0529. The minimum atomic E-state index is 0.0529. The zero-order valence-electron chi connectivity index (χ0n) is 14.8. The zero-order valence-corrected chi connectivity index (χ0v) is 14.8. The molecule has 130 valence electrons. The number of piperidine rings is 1. The van der Waals surface area contributed by atoms with Gasteiger partial charge >= 0.3 is 0 Å². The summed E-state index contributed by atoms with van der Waals surface area (Å²) in [6.45, 7) is 6.52. The van der Waals surface area contributed by atoms with Gasteiger partial charge in [-0.3, -0.25) is 9.59 Å². The molecule has 0 bridgehead atoms. The lowest BCUT2D eigenvalue weighted by atomic mass is 9.89. The zero-order chi connectivity index (χ0) is 17.1. The summed E-state index contributed by atoms with van der Waals surface area (Å²) in [5.41, 5.74) is 2.37. The number of carbonyl (C=O) groups is 2. The standard InChI is InChI=1S/C20H28N2O2/c1-3-6-19(23)21-12-10-16(11-13-21)20(24)22-14-9-15(2)17-7-4-5-8-18(17)22/h4-5,7-8,15-16H,3,6,9-14H2,1-2H3. The van der Waals surface area contributed by atoms with Crippen LogP contribution in [-0.2, 0) is 9.59 Å². The van der Waals surface area contributed by atoms with E-state index in [0.29, 0.717) is 12.3 Å². The summed E-state index contributed by atoms with van der Waals surface area (Å²) in [6, 6.07) is 8.29. The molecule has 1 unspecified atom stereocenters. The van der Waals surface area contributed by atoms with E-state index in [-0.39, 0.29) is 17.7 Å². The van der Waals surface area contributed by atoms with E-state index < -0.39 is 0 Å². The summed E-state index contributed by atoms with van der Waals surface area (Å²) in [7, 11) is 0. The van der Waals surface area contributed by atoms with Gasteiger partial charge in [0.2, 0.25) is 11.8 Å². The SMILES string of the molecule is CCCC(=O)N1CCC(C(=O)N2CCC(C)c3ccccc32)CC1. The van der Waals surface area contributed by atoms with Gasteiger partial charge in [0.05, 0.1) is 0 Å². The molecule has 1 aromatic carbocycles. The first-order valence-corrected chi connectivity index (χ1v) is 9.30. The summed E-state index contributed by atoms with van der Waals surface area (Å²) >= 11 is 0. The fourth-order valence-corrected chi connectivity index (χ4v) is 3.95. The molecule has 2 aliphatic rings. The first-order valence-electron chi connectivity index (χ1n) is 9.30. The summed E-state index contributed by atoms with van der Waals surface area (Å²) in [4.78, 5) is 29.0. The quantitative estimate of drug-likeness (QED) is 0.851. The van der Waals surface area contributed by atoms with Crippen molar-refractivity contribution in [2.24, 2.45) is 5.92 Å². The van der Waals surface area contributed by atoms with Crippen LogP contribution in [0.5, 0.6) is 0 Å². The molecule has 2 aliphatic heterocycles. The first-order chi connectivity index (χ1) is 11.6. The van der Waals surface area contributed by atoms with Gasteiger partial charge in [0.25, 0.3) is 0 Å². The van der Waals surface area contributed by atoms with E-state index in [9.17, 15) is 9.59 Å². The van der Waals surface area contributed by atoms with E-state index in [1.807, 2.05) is 22.8 Å². The average Bonchev–Trinajstić information content (AvgIpc) is 2.62. The lowest BCUT2D eigenvalue weighted by Gasteiger charge is -2.38. The molecule has 0 N–H and O–H groups in total. The maximum Gasteiger partial charge on any atom is 0.230 e. The third-order valence-corrected chi connectivity index (χ3v) is 5.47. The monoisotopic (exact) mass is 328 g/mol. The van der Waals surface area contributed by atoms with Crippen molar-refractivity contribution >= 4 is 17.5 Å². The second kappa shape index (κ2) is 7.37. The van der Waals surface area contributed by atoms with Crippen molar-refractivity contribution < 1.29 is 9.59 Å². The van der Waals surface area contributed by atoms with E-state index in [2.05, 4.69) is 25.1 Å². The molecule has 4 heteroatoms. The van der Waals surface area contributed by atoms with Crippen LogP contribution >= 0.6 is 0 Å². The Balaban J connectivity index is 1.66. The molecule has 1 atom stereocenters. The highest BCUT2D eigenvalue weighted by atomic mass is 16.2. The fourth-order valence-electron chi connectivity index (χ4n) is 3.95. The minimum Gasteiger partial charge on any atom is -0.343 e. The average molecular weight is 328 g/mol. The van der Waals surface area contributed by atoms with E-state index >= 15 is 0 Å². The van der Waals surface area contributed by atoms with Gasteiger partial charge in [-0.25, -0.2) is 0 Å². The Morgan fingerprint density at radius 2 is 1.79 bits per heavy atom. The van der Waals surface area contributed by atoms with Gasteiger partial charge in [0.1, 0.15) is 0 Å². The van der Waals surface area contributed by atoms with Crippen LogP contribution in [0.15, 0.2) is 24.3 Å². The number of anilines is 1. The molecular formula is C20H28N2O2. The predicted octanol–water partition coefficient (Wildman–Crippen LogP) is 3.57. The number of nitrogens with zero attached hydrogens (tertiary/aromatic N) is 2. The van der Waals surface area contributed by atoms with Crippen molar-refractivity contribution in [3.05, 3.63) is 29.8 Å². The van der Waals surface area contributed by atoms with Crippen molar-refractivity contribution in [3.8, 4) is 0 Å². The highest BCUT2D eigenvalue weighted by Gasteiger charge is 2.33. The van der Waals surface area contributed by atoms with Gasteiger partial charge in [0.15, 0.2) is 0 Å². The van der Waals surface area contributed by atoms with E-state index in [1.165, 1.54) is 5.56 Å². The summed E-state index contributed by atoms with van der Waals surface area (Å²) in [6.07, 6.45) is 4.12. The van der Waals surface area contributed by atoms with E-state index in [0.717, 1.165) is 51.0 Å². The highest BCUT2D eigenvalue weighted by Crippen LogP contribution is 2.36. The van der Waals surface area contributed by atoms with Crippen molar-refractivity contribution in [3.63, 3.8) is 0 Å². The van der Waals surface area contributed by atoms with Gasteiger partial charge in [-0.2, -0.15) is 0 Å². The number of hydrogen-bond acceptors (Lipinski definition) is 2. The van der Waals surface area contributed by atoms with Crippen LogP contribution in [-0.4, -0.2) is 36.3 Å². The fraction of sp³-hybridized carbons (Fsp3) is 0.600. The Morgan fingerprint density at radius 1 is 1.08 bits per heavy atom. The molecule has 0 spiro atoms. The molecule has 3 rings (SSSR count). The topological polar surface area (TPSA) is 40.6 Å². The molecule has 0 radical (unpaired) electrons. The van der Waals surface area contributed by atoms with Crippen LogP contribution in [0.2, 0.25) is 0 Å². The lowest BCUT2D eigenvalue weighted by Crippen LogP contribution is -2.46. The van der Waals surface area contributed by atoms with E-state index in [1.54, 1.807) is 0 Å². The van der Waals surface area contributed by atoms with Gasteiger partial charge in [-0.15, -0.1) is 0 Å². The summed E-state index contributed by atoms with van der Waals surface area (Å²) in [5.74, 6) is 1.05. The van der Waals surface area contributed by atoms with Crippen molar-refractivity contribution in [1.82, 2.24) is 4.90 Å². The number of fused-ring (bicyclic) bond motifs is 1. The number of likely N-dealkylation sites (tertiary alicyclic amines) is 1. The predicted molar refractivity (Wildman–Crippen MR) is 96.0 cm³/mol. The van der Waals surface area contributed by atoms with E-state index in [4.69, 9.17) is 0 Å². The van der Waals surface area contributed by atoms with Gasteiger partial charge in [-0.05, 0) is 43.2 Å². The van der Waals surface area contributed by atoms with Gasteiger partial charge in [0, 0.05) is 37.7 Å². The Morgan fingerprint density at radius 3 is 2.50 bits per heavy atom. The van der Waals surface area contributed by atoms with Crippen LogP contribution in [0.1, 0.15) is 57.4 Å². The smallest absolute Gasteiger partial charge is 0.230 e. The van der Waals surface area contributed by atoms with Gasteiger partial charge < -0.3 is 9.80 Å². The number of benzene rings is 1. The summed E-state index contributed by atoms with van der Waals surface area (Å²) in [5, 5.41) is 0. The molecule has 0 aromatic heterocycles. The van der Waals surface area contributed by atoms with Crippen LogP contribution in [0.3, 0.4) is 0 Å². The molecule has 2 amide bonds. The number of amides is 2. The normalized spacial score (nSPS) is 21.5. The number of rotatable bonds is 3. The molecule has 4 nitrogen and oxygen atoms in total. The Bertz CT molecular complexity index is 605. The Hall–Kier alpha value is -1.84. The molecule has 0 aliphatic carbocycles. The van der Waals surface area contributed by atoms with Gasteiger partial charge in [-0.1, -0.05) is 32.0 Å². The number of hydrogen-bond donors (Lipinski definition) is 0. The second-order valence-electron chi connectivity index (χ2n) is 7.14. The molecule has 1 aromatic rings. The molecule has 24 heavy (non-hydrogen) atoms. The maximum atomic E-state index is 13.0. The number of carbonyl (C=O) groups excluding carboxylic acids is 2. The largest absolute Gasteiger partial charge is 0.343 e. The molecule has 1 saturated heterocycles. The van der Waals surface area contributed by atoms with Crippen LogP contribution in [0.25, 0.3) is 0 Å². The third kappa shape index (κ3) is 3.33. The third-order valence-electron chi connectivity index (χ3n) is 5.47.